The highest BCUT2D eigenvalue weighted by Gasteiger charge is 2.21. The van der Waals surface area contributed by atoms with Crippen molar-refractivity contribution in [1.29, 1.82) is 0 Å². The maximum absolute atomic E-state index is 13.0. The molecule has 128 valence electrons. The van der Waals surface area contributed by atoms with Crippen LogP contribution in [0.4, 0.5) is 4.39 Å². The highest BCUT2D eigenvalue weighted by atomic mass is 19.1. The van der Waals surface area contributed by atoms with Gasteiger partial charge in [0.1, 0.15) is 5.82 Å². The third kappa shape index (κ3) is 4.47. The third-order valence-electron chi connectivity index (χ3n) is 3.60. The predicted molar refractivity (Wildman–Crippen MR) is 89.2 cm³/mol. The largest absolute Gasteiger partial charge is 0.493 e. The summed E-state index contributed by atoms with van der Waals surface area (Å²) in [6.07, 6.45) is 0.287. The summed E-state index contributed by atoms with van der Waals surface area (Å²) in [7, 11) is 1.54. The number of aliphatic carboxylic acids is 1. The Hall–Kier alpha value is -2.56. The summed E-state index contributed by atoms with van der Waals surface area (Å²) in [6, 6.07) is 10.9. The molecule has 0 saturated carbocycles. The van der Waals surface area contributed by atoms with Gasteiger partial charge in [-0.15, -0.1) is 0 Å². The zero-order chi connectivity index (χ0) is 17.7. The molecular formula is C19H21FO4. The fourth-order valence-corrected chi connectivity index (χ4v) is 2.47. The minimum absolute atomic E-state index is 0.00994. The monoisotopic (exact) mass is 332 g/mol. The number of methoxy groups -OCH3 is 1. The molecule has 5 heteroatoms. The number of rotatable bonds is 7. The van der Waals surface area contributed by atoms with Crippen LogP contribution in [0.2, 0.25) is 0 Å². The SMILES string of the molecule is COc1cc(CC(C(=O)O)c2ccc(F)cc2)ccc1OC(C)C. The standard InChI is InChI=1S/C19H21FO4/c1-12(2)24-17-9-4-13(11-18(17)23-3)10-16(19(21)22)14-5-7-15(20)8-6-14/h4-9,11-12,16H,10H2,1-3H3,(H,21,22). The summed E-state index contributed by atoms with van der Waals surface area (Å²) < 4.78 is 24.0. The average molecular weight is 332 g/mol. The summed E-state index contributed by atoms with van der Waals surface area (Å²) in [5.41, 5.74) is 1.37. The number of halogens is 1. The first-order valence-corrected chi connectivity index (χ1v) is 7.72. The Morgan fingerprint density at radius 3 is 2.33 bits per heavy atom. The van der Waals surface area contributed by atoms with Gasteiger partial charge in [-0.05, 0) is 55.7 Å². The van der Waals surface area contributed by atoms with Gasteiger partial charge in [0.2, 0.25) is 0 Å². The lowest BCUT2D eigenvalue weighted by Gasteiger charge is -2.16. The Bertz CT molecular complexity index is 695. The molecule has 24 heavy (non-hydrogen) atoms. The molecule has 0 fully saturated rings. The molecule has 0 aliphatic carbocycles. The Morgan fingerprint density at radius 2 is 1.79 bits per heavy atom. The molecule has 0 saturated heterocycles. The molecule has 1 N–H and O–H groups in total. The van der Waals surface area contributed by atoms with Crippen molar-refractivity contribution in [3.8, 4) is 11.5 Å². The van der Waals surface area contributed by atoms with Gasteiger partial charge in [-0.1, -0.05) is 18.2 Å². The number of carboxylic acid groups (broad SMARTS) is 1. The van der Waals surface area contributed by atoms with Crippen molar-refractivity contribution < 1.29 is 23.8 Å². The second-order valence-electron chi connectivity index (χ2n) is 5.80. The lowest BCUT2D eigenvalue weighted by atomic mass is 9.92. The first kappa shape index (κ1) is 17.8. The summed E-state index contributed by atoms with van der Waals surface area (Å²) in [4.78, 5) is 11.6. The van der Waals surface area contributed by atoms with E-state index in [0.717, 1.165) is 5.56 Å². The van der Waals surface area contributed by atoms with E-state index in [2.05, 4.69) is 0 Å². The Morgan fingerprint density at radius 1 is 1.12 bits per heavy atom. The summed E-state index contributed by atoms with van der Waals surface area (Å²) in [5, 5.41) is 9.51. The van der Waals surface area contributed by atoms with Crippen molar-refractivity contribution >= 4 is 5.97 Å². The van der Waals surface area contributed by atoms with E-state index in [0.29, 0.717) is 17.1 Å². The molecule has 0 heterocycles. The van der Waals surface area contributed by atoms with Crippen molar-refractivity contribution in [2.24, 2.45) is 0 Å². The van der Waals surface area contributed by atoms with Crippen molar-refractivity contribution in [2.75, 3.05) is 7.11 Å². The predicted octanol–water partition coefficient (Wildman–Crippen LogP) is 4.03. The molecule has 0 spiro atoms. The van der Waals surface area contributed by atoms with E-state index in [1.165, 1.54) is 24.3 Å². The van der Waals surface area contributed by atoms with Gasteiger partial charge in [0, 0.05) is 0 Å². The molecule has 0 aliphatic heterocycles. The zero-order valence-corrected chi connectivity index (χ0v) is 14.0. The Kier molecular flexibility index (Phi) is 5.79. The van der Waals surface area contributed by atoms with E-state index in [4.69, 9.17) is 9.47 Å². The molecule has 4 nitrogen and oxygen atoms in total. The van der Waals surface area contributed by atoms with Crippen LogP contribution >= 0.6 is 0 Å². The third-order valence-corrected chi connectivity index (χ3v) is 3.60. The summed E-state index contributed by atoms with van der Waals surface area (Å²) in [6.45, 7) is 3.84. The van der Waals surface area contributed by atoms with E-state index in [-0.39, 0.29) is 18.3 Å². The number of ether oxygens (including phenoxy) is 2. The maximum Gasteiger partial charge on any atom is 0.311 e. The molecule has 0 aromatic heterocycles. The molecule has 0 amide bonds. The van der Waals surface area contributed by atoms with Crippen LogP contribution in [0.25, 0.3) is 0 Å². The molecule has 2 aromatic rings. The van der Waals surface area contributed by atoms with Crippen LogP contribution in [-0.2, 0) is 11.2 Å². The van der Waals surface area contributed by atoms with Gasteiger partial charge in [0.05, 0.1) is 19.1 Å². The molecule has 0 aliphatic rings. The highest BCUT2D eigenvalue weighted by molar-refractivity contribution is 5.76. The Balaban J connectivity index is 2.26. The number of benzene rings is 2. The van der Waals surface area contributed by atoms with Crippen LogP contribution in [0.15, 0.2) is 42.5 Å². The zero-order valence-electron chi connectivity index (χ0n) is 14.0. The molecular weight excluding hydrogens is 311 g/mol. The lowest BCUT2D eigenvalue weighted by Crippen LogP contribution is -2.14. The van der Waals surface area contributed by atoms with Gasteiger partial charge in [0.15, 0.2) is 11.5 Å². The minimum atomic E-state index is -0.955. The average Bonchev–Trinajstić information content (AvgIpc) is 2.54. The van der Waals surface area contributed by atoms with Gasteiger partial charge in [-0.25, -0.2) is 4.39 Å². The fraction of sp³-hybridized carbons (Fsp3) is 0.316. The maximum atomic E-state index is 13.0. The van der Waals surface area contributed by atoms with Crippen molar-refractivity contribution in [3.05, 3.63) is 59.4 Å². The quantitative estimate of drug-likeness (QED) is 0.831. The summed E-state index contributed by atoms with van der Waals surface area (Å²) >= 11 is 0. The molecule has 1 atom stereocenters. The number of hydrogen-bond acceptors (Lipinski definition) is 3. The normalized spacial score (nSPS) is 12.0. The van der Waals surface area contributed by atoms with Crippen LogP contribution in [0.3, 0.4) is 0 Å². The summed E-state index contributed by atoms with van der Waals surface area (Å²) in [5.74, 6) is -0.927. The molecule has 2 aromatic carbocycles. The van der Waals surface area contributed by atoms with Crippen LogP contribution in [0, 0.1) is 5.82 Å². The van der Waals surface area contributed by atoms with E-state index >= 15 is 0 Å². The number of carboxylic acids is 1. The number of hydrogen-bond donors (Lipinski definition) is 1. The van der Waals surface area contributed by atoms with E-state index in [9.17, 15) is 14.3 Å². The van der Waals surface area contributed by atoms with Crippen LogP contribution in [0.5, 0.6) is 11.5 Å². The second kappa shape index (κ2) is 7.81. The van der Waals surface area contributed by atoms with Gasteiger partial charge in [0.25, 0.3) is 0 Å². The Labute approximate surface area is 140 Å². The smallest absolute Gasteiger partial charge is 0.311 e. The molecule has 2 rings (SSSR count). The van der Waals surface area contributed by atoms with Crippen molar-refractivity contribution in [3.63, 3.8) is 0 Å². The first-order valence-electron chi connectivity index (χ1n) is 7.72. The van der Waals surface area contributed by atoms with Gasteiger partial charge in [-0.2, -0.15) is 0 Å². The van der Waals surface area contributed by atoms with Crippen molar-refractivity contribution in [1.82, 2.24) is 0 Å². The minimum Gasteiger partial charge on any atom is -0.493 e. The van der Waals surface area contributed by atoms with Gasteiger partial charge in [-0.3, -0.25) is 4.79 Å². The topological polar surface area (TPSA) is 55.8 Å². The van der Waals surface area contributed by atoms with Gasteiger partial charge >= 0.3 is 5.97 Å². The second-order valence-corrected chi connectivity index (χ2v) is 5.80. The molecule has 0 radical (unpaired) electrons. The number of carbonyl (C=O) groups is 1. The highest BCUT2D eigenvalue weighted by Crippen LogP contribution is 2.31. The first-order chi connectivity index (χ1) is 11.4. The van der Waals surface area contributed by atoms with Crippen LogP contribution in [-0.4, -0.2) is 24.3 Å². The molecule has 0 bridgehead atoms. The van der Waals surface area contributed by atoms with E-state index in [1.807, 2.05) is 19.9 Å². The van der Waals surface area contributed by atoms with Crippen molar-refractivity contribution in [2.45, 2.75) is 32.3 Å². The van der Waals surface area contributed by atoms with Gasteiger partial charge < -0.3 is 14.6 Å². The van der Waals surface area contributed by atoms with Crippen LogP contribution in [0.1, 0.15) is 30.9 Å². The van der Waals surface area contributed by atoms with E-state index < -0.39 is 11.9 Å². The fourth-order valence-electron chi connectivity index (χ4n) is 2.47. The van der Waals surface area contributed by atoms with Crippen LogP contribution < -0.4 is 9.47 Å². The molecule has 1 unspecified atom stereocenters. The van der Waals surface area contributed by atoms with E-state index in [1.54, 1.807) is 19.2 Å². The lowest BCUT2D eigenvalue weighted by molar-refractivity contribution is -0.138.